The van der Waals surface area contributed by atoms with Crippen molar-refractivity contribution in [3.63, 3.8) is 0 Å². The second-order valence-electron chi connectivity index (χ2n) is 4.00. The van der Waals surface area contributed by atoms with E-state index in [0.29, 0.717) is 4.47 Å². The average molecular weight is 326 g/mol. The predicted molar refractivity (Wildman–Crippen MR) is 75.2 cm³/mol. The molecule has 0 bridgehead atoms. The average Bonchev–Trinajstić information content (AvgIpc) is 2.32. The molecule has 0 fully saturated rings. The number of aryl methyl sites for hydroxylation is 1. The Labute approximate surface area is 115 Å². The van der Waals surface area contributed by atoms with Crippen LogP contribution in [0.25, 0.3) is 0 Å². The molecule has 0 aliphatic carbocycles. The lowest BCUT2D eigenvalue weighted by atomic mass is 10.2. The van der Waals surface area contributed by atoms with E-state index in [1.807, 2.05) is 13.0 Å². The van der Waals surface area contributed by atoms with E-state index in [1.165, 1.54) is 6.07 Å². The molecule has 0 radical (unpaired) electrons. The summed E-state index contributed by atoms with van der Waals surface area (Å²) in [5.41, 5.74) is 6.89. The molecule has 0 aromatic heterocycles. The van der Waals surface area contributed by atoms with Gasteiger partial charge in [-0.05, 0) is 42.8 Å². The Hall–Kier alpha value is -1.33. The van der Waals surface area contributed by atoms with Gasteiger partial charge in [-0.2, -0.15) is 0 Å². The molecule has 0 aliphatic rings. The molecule has 0 amide bonds. The van der Waals surface area contributed by atoms with Gasteiger partial charge in [-0.25, -0.2) is 8.42 Å². The van der Waals surface area contributed by atoms with E-state index in [0.717, 1.165) is 5.56 Å². The van der Waals surface area contributed by atoms with Gasteiger partial charge in [0.15, 0.2) is 0 Å². The molecule has 2 aromatic rings. The van der Waals surface area contributed by atoms with Gasteiger partial charge in [0.2, 0.25) is 9.84 Å². The van der Waals surface area contributed by atoms with Crippen LogP contribution in [0.15, 0.2) is 56.7 Å². The quantitative estimate of drug-likeness (QED) is 0.862. The lowest BCUT2D eigenvalue weighted by Gasteiger charge is -2.08. The van der Waals surface area contributed by atoms with E-state index < -0.39 is 9.84 Å². The first kappa shape index (κ1) is 13.1. The summed E-state index contributed by atoms with van der Waals surface area (Å²) in [4.78, 5) is 0.384. The minimum atomic E-state index is -3.57. The molecule has 0 unspecified atom stereocenters. The van der Waals surface area contributed by atoms with E-state index in [4.69, 9.17) is 5.73 Å². The number of nitrogen functional groups attached to an aromatic ring is 1. The zero-order chi connectivity index (χ0) is 13.3. The highest BCUT2D eigenvalue weighted by Gasteiger charge is 2.20. The molecule has 0 saturated heterocycles. The van der Waals surface area contributed by atoms with E-state index in [9.17, 15) is 8.42 Å². The standard InChI is InChI=1S/C13H12BrNO2S/c1-9-3-2-4-11(7-9)18(16,17)13-8-10(14)5-6-12(13)15/h2-8H,15H2,1H3. The zero-order valence-corrected chi connectivity index (χ0v) is 12.1. The van der Waals surface area contributed by atoms with Gasteiger partial charge in [0, 0.05) is 4.47 Å². The number of hydrogen-bond donors (Lipinski definition) is 1. The summed E-state index contributed by atoms with van der Waals surface area (Å²) in [5.74, 6) is 0. The molecule has 2 N–H and O–H groups in total. The molecule has 0 aliphatic heterocycles. The lowest BCUT2D eigenvalue weighted by Crippen LogP contribution is -2.05. The molecular formula is C13H12BrNO2S. The van der Waals surface area contributed by atoms with Crippen LogP contribution in [0.3, 0.4) is 0 Å². The third kappa shape index (κ3) is 2.42. The Balaban J connectivity index is 2.65. The van der Waals surface area contributed by atoms with Crippen LogP contribution in [0.2, 0.25) is 0 Å². The van der Waals surface area contributed by atoms with Gasteiger partial charge in [-0.15, -0.1) is 0 Å². The van der Waals surface area contributed by atoms with Crippen molar-refractivity contribution in [3.05, 3.63) is 52.5 Å². The fraction of sp³-hybridized carbons (Fsp3) is 0.0769. The van der Waals surface area contributed by atoms with Crippen molar-refractivity contribution < 1.29 is 8.42 Å². The second kappa shape index (κ2) is 4.74. The first-order valence-corrected chi connectivity index (χ1v) is 7.55. The first-order chi connectivity index (χ1) is 8.41. The van der Waals surface area contributed by atoms with Crippen LogP contribution in [-0.4, -0.2) is 8.42 Å². The summed E-state index contributed by atoms with van der Waals surface area (Å²) in [7, 11) is -3.57. The highest BCUT2D eigenvalue weighted by Crippen LogP contribution is 2.28. The van der Waals surface area contributed by atoms with Gasteiger partial charge < -0.3 is 5.73 Å². The summed E-state index contributed by atoms with van der Waals surface area (Å²) in [6.07, 6.45) is 0. The van der Waals surface area contributed by atoms with Gasteiger partial charge in [0.25, 0.3) is 0 Å². The van der Waals surface area contributed by atoms with Crippen LogP contribution in [0, 0.1) is 6.92 Å². The van der Waals surface area contributed by atoms with Crippen molar-refractivity contribution in [1.29, 1.82) is 0 Å². The molecule has 3 nitrogen and oxygen atoms in total. The summed E-state index contributed by atoms with van der Waals surface area (Å²) >= 11 is 3.26. The van der Waals surface area contributed by atoms with Crippen molar-refractivity contribution in [2.75, 3.05) is 5.73 Å². The fourth-order valence-electron chi connectivity index (χ4n) is 1.65. The van der Waals surface area contributed by atoms with Crippen LogP contribution in [0.1, 0.15) is 5.56 Å². The highest BCUT2D eigenvalue weighted by atomic mass is 79.9. The maximum Gasteiger partial charge on any atom is 0.208 e. The largest absolute Gasteiger partial charge is 0.398 e. The Morgan fingerprint density at radius 2 is 1.83 bits per heavy atom. The number of sulfone groups is 1. The number of nitrogens with two attached hydrogens (primary N) is 1. The van der Waals surface area contributed by atoms with Crippen LogP contribution < -0.4 is 5.73 Å². The fourth-order valence-corrected chi connectivity index (χ4v) is 3.68. The molecule has 18 heavy (non-hydrogen) atoms. The Morgan fingerprint density at radius 3 is 2.50 bits per heavy atom. The van der Waals surface area contributed by atoms with E-state index in [-0.39, 0.29) is 15.5 Å². The first-order valence-electron chi connectivity index (χ1n) is 5.28. The molecule has 94 valence electrons. The van der Waals surface area contributed by atoms with Crippen LogP contribution in [0.4, 0.5) is 5.69 Å². The Morgan fingerprint density at radius 1 is 1.11 bits per heavy atom. The highest BCUT2D eigenvalue weighted by molar-refractivity contribution is 9.10. The van der Waals surface area contributed by atoms with Gasteiger partial charge in [0.05, 0.1) is 15.5 Å². The normalized spacial score (nSPS) is 11.4. The van der Waals surface area contributed by atoms with Crippen LogP contribution >= 0.6 is 15.9 Å². The van der Waals surface area contributed by atoms with Crippen molar-refractivity contribution in [2.45, 2.75) is 16.7 Å². The predicted octanol–water partition coefficient (Wildman–Crippen LogP) is 3.17. The SMILES string of the molecule is Cc1cccc(S(=O)(=O)c2cc(Br)ccc2N)c1. The lowest BCUT2D eigenvalue weighted by molar-refractivity contribution is 0.596. The van der Waals surface area contributed by atoms with E-state index >= 15 is 0 Å². The third-order valence-electron chi connectivity index (χ3n) is 2.56. The van der Waals surface area contributed by atoms with Crippen LogP contribution in [0.5, 0.6) is 0 Å². The number of benzene rings is 2. The monoisotopic (exact) mass is 325 g/mol. The topological polar surface area (TPSA) is 60.2 Å². The van der Waals surface area contributed by atoms with E-state index in [2.05, 4.69) is 15.9 Å². The summed E-state index contributed by atoms with van der Waals surface area (Å²) < 4.78 is 25.6. The van der Waals surface area contributed by atoms with Crippen LogP contribution in [-0.2, 0) is 9.84 Å². The second-order valence-corrected chi connectivity index (χ2v) is 6.84. The molecule has 0 saturated carbocycles. The minimum absolute atomic E-state index is 0.127. The summed E-state index contributed by atoms with van der Waals surface area (Å²) in [6, 6.07) is 11.6. The third-order valence-corrected chi connectivity index (χ3v) is 4.87. The maximum absolute atomic E-state index is 12.5. The molecule has 0 heterocycles. The molecule has 0 atom stereocenters. The number of hydrogen-bond acceptors (Lipinski definition) is 3. The summed E-state index contributed by atoms with van der Waals surface area (Å²) in [5, 5.41) is 0. The Kier molecular flexibility index (Phi) is 3.45. The van der Waals surface area contributed by atoms with Gasteiger partial charge in [-0.3, -0.25) is 0 Å². The van der Waals surface area contributed by atoms with Gasteiger partial charge in [0.1, 0.15) is 0 Å². The molecular weight excluding hydrogens is 314 g/mol. The zero-order valence-electron chi connectivity index (χ0n) is 9.72. The number of halogens is 1. The Bertz CT molecular complexity index is 696. The minimum Gasteiger partial charge on any atom is -0.398 e. The summed E-state index contributed by atoms with van der Waals surface area (Å²) in [6.45, 7) is 1.85. The molecule has 5 heteroatoms. The van der Waals surface area contributed by atoms with Gasteiger partial charge in [-0.1, -0.05) is 28.1 Å². The van der Waals surface area contributed by atoms with E-state index in [1.54, 1.807) is 30.3 Å². The molecule has 2 aromatic carbocycles. The molecule has 0 spiro atoms. The number of rotatable bonds is 2. The van der Waals surface area contributed by atoms with Crippen molar-refractivity contribution in [3.8, 4) is 0 Å². The van der Waals surface area contributed by atoms with Crippen molar-refractivity contribution in [2.24, 2.45) is 0 Å². The maximum atomic E-state index is 12.5. The van der Waals surface area contributed by atoms with Crippen molar-refractivity contribution in [1.82, 2.24) is 0 Å². The van der Waals surface area contributed by atoms with Crippen molar-refractivity contribution >= 4 is 31.5 Å². The smallest absolute Gasteiger partial charge is 0.208 e. The number of anilines is 1. The molecule has 2 rings (SSSR count). The van der Waals surface area contributed by atoms with Gasteiger partial charge >= 0.3 is 0 Å².